The van der Waals surface area contributed by atoms with E-state index in [-0.39, 0.29) is 42.6 Å². The molecule has 2 heterocycles. The summed E-state index contributed by atoms with van der Waals surface area (Å²) in [5.41, 5.74) is 1.34. The molecule has 1 aliphatic rings. The third-order valence-electron chi connectivity index (χ3n) is 3.30. The predicted molar refractivity (Wildman–Crippen MR) is 83.4 cm³/mol. The fourth-order valence-electron chi connectivity index (χ4n) is 2.32. The van der Waals surface area contributed by atoms with Gasteiger partial charge in [-0.3, -0.25) is 4.79 Å². The number of imidazole rings is 1. The maximum absolute atomic E-state index is 13.0. The van der Waals surface area contributed by atoms with Crippen LogP contribution in [0, 0.1) is 5.82 Å². The number of nitrogens with one attached hydrogen (secondary N) is 3. The van der Waals surface area contributed by atoms with Crippen molar-refractivity contribution in [1.29, 1.82) is 0 Å². The number of carbonyl (C=O) groups is 1. The van der Waals surface area contributed by atoms with E-state index in [1.54, 1.807) is 6.07 Å². The fraction of sp³-hybridized carbons (Fsp3) is 0.385. The van der Waals surface area contributed by atoms with Gasteiger partial charge >= 0.3 is 0 Å². The maximum Gasteiger partial charge on any atom is 0.237 e. The zero-order chi connectivity index (χ0) is 13.2. The van der Waals surface area contributed by atoms with Crippen LogP contribution in [-0.2, 0) is 11.3 Å². The molecule has 8 heteroatoms. The van der Waals surface area contributed by atoms with E-state index < -0.39 is 0 Å². The minimum absolute atomic E-state index is 0. The molecule has 1 aliphatic heterocycles. The minimum Gasteiger partial charge on any atom is -0.348 e. The second kappa shape index (κ2) is 7.59. The molecule has 1 fully saturated rings. The average molecular weight is 335 g/mol. The van der Waals surface area contributed by atoms with Crippen molar-refractivity contribution < 1.29 is 9.18 Å². The number of fused-ring (bicyclic) bond motifs is 1. The summed E-state index contributed by atoms with van der Waals surface area (Å²) >= 11 is 0. The summed E-state index contributed by atoms with van der Waals surface area (Å²) in [6, 6.07) is 4.28. The number of benzene rings is 1. The van der Waals surface area contributed by atoms with Crippen molar-refractivity contribution in [3.05, 3.63) is 29.8 Å². The lowest BCUT2D eigenvalue weighted by Gasteiger charge is -2.09. The standard InChI is InChI=1S/C13H15FN4O.2ClH/c14-8-3-4-9-11(6-8)18-12(17-9)7-16-13(19)10-2-1-5-15-10;;/h3-4,6,10,15H,1-2,5,7H2,(H,16,19)(H,17,18);2*1H. The molecular weight excluding hydrogens is 318 g/mol. The molecule has 5 nitrogen and oxygen atoms in total. The Balaban J connectivity index is 0.00000110. The van der Waals surface area contributed by atoms with Gasteiger partial charge in [0.05, 0.1) is 23.6 Å². The Hall–Kier alpha value is -1.37. The maximum atomic E-state index is 13.0. The highest BCUT2D eigenvalue weighted by Gasteiger charge is 2.21. The van der Waals surface area contributed by atoms with Gasteiger partial charge in [0.25, 0.3) is 0 Å². The second-order valence-electron chi connectivity index (χ2n) is 4.71. The van der Waals surface area contributed by atoms with Crippen molar-refractivity contribution >= 4 is 41.8 Å². The van der Waals surface area contributed by atoms with Gasteiger partial charge in [-0.05, 0) is 37.6 Å². The number of hydrogen-bond acceptors (Lipinski definition) is 3. The summed E-state index contributed by atoms with van der Waals surface area (Å²) in [5, 5.41) is 5.96. The Morgan fingerprint density at radius 3 is 2.95 bits per heavy atom. The summed E-state index contributed by atoms with van der Waals surface area (Å²) in [4.78, 5) is 19.1. The highest BCUT2D eigenvalue weighted by molar-refractivity contribution is 5.85. The first kappa shape index (κ1) is 17.7. The molecule has 3 N–H and O–H groups in total. The zero-order valence-electron chi connectivity index (χ0n) is 11.2. The van der Waals surface area contributed by atoms with Crippen LogP contribution in [0.15, 0.2) is 18.2 Å². The van der Waals surface area contributed by atoms with Crippen LogP contribution in [-0.4, -0.2) is 28.5 Å². The molecule has 21 heavy (non-hydrogen) atoms. The first-order chi connectivity index (χ1) is 9.22. The van der Waals surface area contributed by atoms with Gasteiger partial charge in [-0.25, -0.2) is 9.37 Å². The van der Waals surface area contributed by atoms with Crippen molar-refractivity contribution in [2.24, 2.45) is 0 Å². The second-order valence-corrected chi connectivity index (χ2v) is 4.71. The molecule has 116 valence electrons. The van der Waals surface area contributed by atoms with Crippen molar-refractivity contribution in [3.8, 4) is 0 Å². The highest BCUT2D eigenvalue weighted by Crippen LogP contribution is 2.13. The van der Waals surface area contributed by atoms with E-state index in [2.05, 4.69) is 20.6 Å². The molecule has 0 radical (unpaired) electrons. The van der Waals surface area contributed by atoms with E-state index in [1.165, 1.54) is 12.1 Å². The van der Waals surface area contributed by atoms with Crippen LogP contribution in [0.3, 0.4) is 0 Å². The van der Waals surface area contributed by atoms with Gasteiger partial charge in [-0.2, -0.15) is 0 Å². The number of aromatic nitrogens is 2. The molecule has 1 amide bonds. The Morgan fingerprint density at radius 1 is 1.43 bits per heavy atom. The third-order valence-corrected chi connectivity index (χ3v) is 3.30. The Labute approximate surface area is 133 Å². The van der Waals surface area contributed by atoms with E-state index in [1.807, 2.05) is 0 Å². The van der Waals surface area contributed by atoms with Gasteiger partial charge in [-0.15, -0.1) is 24.8 Å². The molecule has 1 saturated heterocycles. The van der Waals surface area contributed by atoms with Crippen molar-refractivity contribution in [3.63, 3.8) is 0 Å². The van der Waals surface area contributed by atoms with Crippen LogP contribution in [0.2, 0.25) is 0 Å². The largest absolute Gasteiger partial charge is 0.348 e. The van der Waals surface area contributed by atoms with Crippen LogP contribution >= 0.6 is 24.8 Å². The summed E-state index contributed by atoms with van der Waals surface area (Å²) in [7, 11) is 0. The van der Waals surface area contributed by atoms with Crippen molar-refractivity contribution in [2.75, 3.05) is 6.54 Å². The smallest absolute Gasteiger partial charge is 0.237 e. The molecule has 3 rings (SSSR count). The Kier molecular flexibility index (Phi) is 6.39. The topological polar surface area (TPSA) is 69.8 Å². The third kappa shape index (κ3) is 4.06. The molecule has 1 aromatic carbocycles. The number of halogens is 3. The first-order valence-electron chi connectivity index (χ1n) is 6.37. The van der Waals surface area contributed by atoms with Gasteiger partial charge in [0.1, 0.15) is 11.6 Å². The lowest BCUT2D eigenvalue weighted by molar-refractivity contribution is -0.122. The van der Waals surface area contributed by atoms with E-state index in [0.29, 0.717) is 23.4 Å². The first-order valence-corrected chi connectivity index (χ1v) is 6.37. The number of nitrogens with zero attached hydrogens (tertiary/aromatic N) is 1. The predicted octanol–water partition coefficient (Wildman–Crippen LogP) is 1.91. The molecule has 0 spiro atoms. The summed E-state index contributed by atoms with van der Waals surface area (Å²) < 4.78 is 13.0. The van der Waals surface area contributed by atoms with E-state index >= 15 is 0 Å². The molecule has 1 aromatic heterocycles. The summed E-state index contributed by atoms with van der Waals surface area (Å²) in [5.74, 6) is 0.318. The highest BCUT2D eigenvalue weighted by atomic mass is 35.5. The number of aromatic amines is 1. The fourth-order valence-corrected chi connectivity index (χ4v) is 2.32. The lowest BCUT2D eigenvalue weighted by Crippen LogP contribution is -2.40. The number of H-pyrrole nitrogens is 1. The number of amides is 1. The lowest BCUT2D eigenvalue weighted by atomic mass is 10.2. The molecule has 1 unspecified atom stereocenters. The van der Waals surface area contributed by atoms with Gasteiger partial charge in [-0.1, -0.05) is 0 Å². The monoisotopic (exact) mass is 334 g/mol. The van der Waals surface area contributed by atoms with Crippen molar-refractivity contribution in [2.45, 2.75) is 25.4 Å². The van der Waals surface area contributed by atoms with Crippen LogP contribution in [0.25, 0.3) is 11.0 Å². The molecule has 1 atom stereocenters. The number of rotatable bonds is 3. The molecule has 2 aromatic rings. The molecular formula is C13H17Cl2FN4O. The Bertz CT molecular complexity index is 613. The quantitative estimate of drug-likeness (QED) is 0.803. The van der Waals surface area contributed by atoms with Crippen LogP contribution in [0.4, 0.5) is 4.39 Å². The van der Waals surface area contributed by atoms with Gasteiger partial charge in [0.15, 0.2) is 0 Å². The Morgan fingerprint density at radius 2 is 2.24 bits per heavy atom. The van der Waals surface area contributed by atoms with E-state index in [0.717, 1.165) is 19.4 Å². The van der Waals surface area contributed by atoms with Crippen LogP contribution in [0.1, 0.15) is 18.7 Å². The molecule has 0 aliphatic carbocycles. The summed E-state index contributed by atoms with van der Waals surface area (Å²) in [6.45, 7) is 1.22. The number of carbonyl (C=O) groups excluding carboxylic acids is 1. The minimum atomic E-state index is -0.304. The summed E-state index contributed by atoms with van der Waals surface area (Å²) in [6.07, 6.45) is 1.90. The van der Waals surface area contributed by atoms with Gasteiger partial charge < -0.3 is 15.6 Å². The van der Waals surface area contributed by atoms with E-state index in [9.17, 15) is 9.18 Å². The van der Waals surface area contributed by atoms with Crippen molar-refractivity contribution in [1.82, 2.24) is 20.6 Å². The van der Waals surface area contributed by atoms with Crippen LogP contribution < -0.4 is 10.6 Å². The molecule has 0 saturated carbocycles. The normalized spacial score (nSPS) is 17.1. The molecule has 0 bridgehead atoms. The van der Waals surface area contributed by atoms with E-state index in [4.69, 9.17) is 0 Å². The zero-order valence-corrected chi connectivity index (χ0v) is 12.8. The average Bonchev–Trinajstić information content (AvgIpc) is 3.04. The van der Waals surface area contributed by atoms with Crippen LogP contribution in [0.5, 0.6) is 0 Å². The van der Waals surface area contributed by atoms with Gasteiger partial charge in [0.2, 0.25) is 5.91 Å². The SMILES string of the molecule is Cl.Cl.O=C(NCc1nc2ccc(F)cc2[nH]1)C1CCCN1. The van der Waals surface area contributed by atoms with Gasteiger partial charge in [0, 0.05) is 0 Å². The number of hydrogen-bond donors (Lipinski definition) is 3.